The quantitative estimate of drug-likeness (QED) is 0.600. The maximum Gasteiger partial charge on any atom is 0.124 e. The van der Waals surface area contributed by atoms with E-state index in [-0.39, 0.29) is 11.8 Å². The summed E-state index contributed by atoms with van der Waals surface area (Å²) < 4.78 is 5.68. The summed E-state index contributed by atoms with van der Waals surface area (Å²) in [5, 5.41) is 6.94. The maximum absolute atomic E-state index is 5.68. The van der Waals surface area contributed by atoms with Gasteiger partial charge in [-0.15, -0.1) is 0 Å². The van der Waals surface area contributed by atoms with Crippen molar-refractivity contribution in [1.29, 1.82) is 0 Å². The van der Waals surface area contributed by atoms with E-state index in [1.54, 1.807) is 0 Å². The minimum atomic E-state index is 0.162. The maximum atomic E-state index is 5.68. The number of rotatable bonds is 1. The first-order valence-electron chi connectivity index (χ1n) is 4.80. The molecular weight excluding hydrogens is 152 g/mol. The number of hydrogen-bond donors (Lipinski definition) is 2. The molecule has 2 unspecified atom stereocenters. The van der Waals surface area contributed by atoms with Crippen LogP contribution in [0.5, 0.6) is 0 Å². The van der Waals surface area contributed by atoms with Crippen LogP contribution in [0.25, 0.3) is 0 Å². The van der Waals surface area contributed by atoms with Gasteiger partial charge in [0.25, 0.3) is 0 Å². The van der Waals surface area contributed by atoms with E-state index in [1.165, 1.54) is 12.8 Å². The van der Waals surface area contributed by atoms with Gasteiger partial charge in [0.1, 0.15) is 6.23 Å². The van der Waals surface area contributed by atoms with E-state index in [2.05, 4.69) is 24.5 Å². The molecule has 0 amide bonds. The SMILES string of the molecule is CC1(C)COC(C2CCCN2)N1. The van der Waals surface area contributed by atoms with Gasteiger partial charge in [0.15, 0.2) is 0 Å². The number of ether oxygens (including phenoxy) is 1. The van der Waals surface area contributed by atoms with Crippen LogP contribution in [0.15, 0.2) is 0 Å². The molecule has 2 aliphatic heterocycles. The Morgan fingerprint density at radius 2 is 2.25 bits per heavy atom. The molecule has 0 aliphatic carbocycles. The molecule has 2 aliphatic rings. The van der Waals surface area contributed by atoms with Crippen LogP contribution >= 0.6 is 0 Å². The van der Waals surface area contributed by atoms with Crippen LogP contribution < -0.4 is 10.6 Å². The number of hydrogen-bond acceptors (Lipinski definition) is 3. The molecule has 3 heteroatoms. The van der Waals surface area contributed by atoms with Crippen LogP contribution in [0.2, 0.25) is 0 Å². The lowest BCUT2D eigenvalue weighted by Crippen LogP contribution is -2.47. The second-order valence-electron chi connectivity index (χ2n) is 4.46. The first-order valence-corrected chi connectivity index (χ1v) is 4.80. The topological polar surface area (TPSA) is 33.3 Å². The third-order valence-electron chi connectivity index (χ3n) is 2.62. The molecular formula is C9H18N2O. The first kappa shape index (κ1) is 8.48. The monoisotopic (exact) mass is 170 g/mol. The summed E-state index contributed by atoms with van der Waals surface area (Å²) >= 11 is 0. The molecule has 0 aromatic heterocycles. The van der Waals surface area contributed by atoms with Crippen molar-refractivity contribution >= 4 is 0 Å². The Kier molecular flexibility index (Phi) is 2.10. The molecule has 0 radical (unpaired) electrons. The average Bonchev–Trinajstić information content (AvgIpc) is 2.55. The Balaban J connectivity index is 1.90. The van der Waals surface area contributed by atoms with E-state index in [0.717, 1.165) is 13.2 Å². The molecule has 2 heterocycles. The lowest BCUT2D eigenvalue weighted by Gasteiger charge is -2.21. The zero-order valence-corrected chi connectivity index (χ0v) is 7.89. The molecule has 0 spiro atoms. The highest BCUT2D eigenvalue weighted by molar-refractivity contribution is 4.92. The van der Waals surface area contributed by atoms with E-state index in [0.29, 0.717) is 6.04 Å². The summed E-state index contributed by atoms with van der Waals surface area (Å²) in [4.78, 5) is 0. The second kappa shape index (κ2) is 2.98. The lowest BCUT2D eigenvalue weighted by molar-refractivity contribution is 0.0723. The van der Waals surface area contributed by atoms with E-state index in [4.69, 9.17) is 4.74 Å². The van der Waals surface area contributed by atoms with Crippen LogP contribution in [0, 0.1) is 0 Å². The second-order valence-corrected chi connectivity index (χ2v) is 4.46. The van der Waals surface area contributed by atoms with Gasteiger partial charge in [-0.3, -0.25) is 5.32 Å². The van der Waals surface area contributed by atoms with Gasteiger partial charge >= 0.3 is 0 Å². The van der Waals surface area contributed by atoms with Crippen LogP contribution in [0.4, 0.5) is 0 Å². The highest BCUT2D eigenvalue weighted by Crippen LogP contribution is 2.20. The molecule has 2 saturated heterocycles. The highest BCUT2D eigenvalue weighted by atomic mass is 16.5. The van der Waals surface area contributed by atoms with Crippen LogP contribution in [0.3, 0.4) is 0 Å². The Labute approximate surface area is 73.9 Å². The molecule has 2 atom stereocenters. The fraction of sp³-hybridized carbons (Fsp3) is 1.00. The minimum absolute atomic E-state index is 0.162. The predicted molar refractivity (Wildman–Crippen MR) is 48.0 cm³/mol. The Morgan fingerprint density at radius 3 is 2.75 bits per heavy atom. The molecule has 0 aromatic carbocycles. The van der Waals surface area contributed by atoms with Gasteiger partial charge in [0.05, 0.1) is 6.61 Å². The van der Waals surface area contributed by atoms with E-state index in [9.17, 15) is 0 Å². The molecule has 2 fully saturated rings. The Morgan fingerprint density at radius 1 is 1.42 bits per heavy atom. The van der Waals surface area contributed by atoms with Crippen molar-refractivity contribution < 1.29 is 4.74 Å². The van der Waals surface area contributed by atoms with Crippen molar-refractivity contribution in [2.75, 3.05) is 13.2 Å². The standard InChI is InChI=1S/C9H18N2O/c1-9(2)6-12-8(11-9)7-4-3-5-10-7/h7-8,10-11H,3-6H2,1-2H3. The summed E-state index contributed by atoms with van der Waals surface area (Å²) in [5.74, 6) is 0. The van der Waals surface area contributed by atoms with Gasteiger partial charge in [-0.2, -0.15) is 0 Å². The van der Waals surface area contributed by atoms with Crippen molar-refractivity contribution in [1.82, 2.24) is 10.6 Å². The molecule has 0 saturated carbocycles. The van der Waals surface area contributed by atoms with Crippen molar-refractivity contribution in [2.24, 2.45) is 0 Å². The molecule has 70 valence electrons. The van der Waals surface area contributed by atoms with Crippen molar-refractivity contribution in [3.63, 3.8) is 0 Å². The van der Waals surface area contributed by atoms with E-state index >= 15 is 0 Å². The van der Waals surface area contributed by atoms with Gasteiger partial charge in [-0.1, -0.05) is 0 Å². The van der Waals surface area contributed by atoms with E-state index < -0.39 is 0 Å². The van der Waals surface area contributed by atoms with Crippen LogP contribution in [0.1, 0.15) is 26.7 Å². The zero-order valence-electron chi connectivity index (χ0n) is 7.89. The first-order chi connectivity index (χ1) is 5.67. The van der Waals surface area contributed by atoms with Gasteiger partial charge < -0.3 is 10.1 Å². The third kappa shape index (κ3) is 1.63. The van der Waals surface area contributed by atoms with Crippen molar-refractivity contribution in [3.05, 3.63) is 0 Å². The molecule has 12 heavy (non-hydrogen) atoms. The summed E-state index contributed by atoms with van der Waals surface area (Å²) in [6.07, 6.45) is 2.77. The van der Waals surface area contributed by atoms with Crippen LogP contribution in [-0.2, 0) is 4.74 Å². The molecule has 2 rings (SSSR count). The largest absolute Gasteiger partial charge is 0.360 e. The molecule has 2 N–H and O–H groups in total. The van der Waals surface area contributed by atoms with E-state index in [1.807, 2.05) is 0 Å². The highest BCUT2D eigenvalue weighted by Gasteiger charge is 2.36. The normalized spacial score (nSPS) is 40.5. The third-order valence-corrected chi connectivity index (χ3v) is 2.62. The van der Waals surface area contributed by atoms with Crippen molar-refractivity contribution in [2.45, 2.75) is 44.5 Å². The smallest absolute Gasteiger partial charge is 0.124 e. The van der Waals surface area contributed by atoms with Gasteiger partial charge in [0, 0.05) is 11.6 Å². The molecule has 3 nitrogen and oxygen atoms in total. The van der Waals surface area contributed by atoms with Gasteiger partial charge in [-0.05, 0) is 33.2 Å². The number of nitrogens with one attached hydrogen (secondary N) is 2. The summed E-state index contributed by atoms with van der Waals surface area (Å²) in [6, 6.07) is 0.534. The summed E-state index contributed by atoms with van der Waals surface area (Å²) in [6.45, 7) is 6.34. The average molecular weight is 170 g/mol. The minimum Gasteiger partial charge on any atom is -0.360 e. The fourth-order valence-corrected chi connectivity index (χ4v) is 1.95. The van der Waals surface area contributed by atoms with Crippen molar-refractivity contribution in [3.8, 4) is 0 Å². The Hall–Kier alpha value is -0.120. The zero-order chi connectivity index (χ0) is 8.60. The fourth-order valence-electron chi connectivity index (χ4n) is 1.95. The van der Waals surface area contributed by atoms with Crippen LogP contribution in [-0.4, -0.2) is 31.0 Å². The summed E-state index contributed by atoms with van der Waals surface area (Å²) in [7, 11) is 0. The van der Waals surface area contributed by atoms with Gasteiger partial charge in [0.2, 0.25) is 0 Å². The summed E-state index contributed by atoms with van der Waals surface area (Å²) in [5.41, 5.74) is 0.162. The Bertz CT molecular complexity index is 164. The lowest BCUT2D eigenvalue weighted by atomic mass is 10.1. The molecule has 0 aromatic rings. The van der Waals surface area contributed by atoms with Gasteiger partial charge in [-0.25, -0.2) is 0 Å². The molecule has 0 bridgehead atoms. The predicted octanol–water partition coefficient (Wildman–Crippen LogP) is 0.463.